The van der Waals surface area contributed by atoms with E-state index in [1.807, 2.05) is 0 Å². The van der Waals surface area contributed by atoms with Crippen LogP contribution in [0.2, 0.25) is 0 Å². The summed E-state index contributed by atoms with van der Waals surface area (Å²) in [5, 5.41) is 2.73. The Bertz CT molecular complexity index is 555. The Morgan fingerprint density at radius 3 is 2.62 bits per heavy atom. The van der Waals surface area contributed by atoms with Crippen molar-refractivity contribution in [2.75, 3.05) is 19.8 Å². The summed E-state index contributed by atoms with van der Waals surface area (Å²) in [6.45, 7) is 7.86. The number of sulfonamides is 1. The van der Waals surface area contributed by atoms with E-state index in [1.54, 1.807) is 11.3 Å². The second kappa shape index (κ2) is 6.73. The predicted octanol–water partition coefficient (Wildman–Crippen LogP) is 2.08. The van der Waals surface area contributed by atoms with Gasteiger partial charge in [-0.2, -0.15) is 0 Å². The molecule has 0 amide bonds. The third-order valence-corrected chi connectivity index (χ3v) is 6.43. The second-order valence-electron chi connectivity index (χ2n) is 6.38. The van der Waals surface area contributed by atoms with Crippen LogP contribution in [0.1, 0.15) is 44.3 Å². The van der Waals surface area contributed by atoms with Crippen molar-refractivity contribution in [2.45, 2.75) is 50.7 Å². The number of hydrogen-bond donors (Lipinski definition) is 1. The van der Waals surface area contributed by atoms with Crippen LogP contribution in [0.15, 0.2) is 5.38 Å². The highest BCUT2D eigenvalue weighted by molar-refractivity contribution is 7.90. The fourth-order valence-electron chi connectivity index (χ4n) is 2.17. The molecule has 1 saturated heterocycles. The Morgan fingerprint density at radius 1 is 1.38 bits per heavy atom. The minimum Gasteiger partial charge on any atom is -0.381 e. The molecule has 21 heavy (non-hydrogen) atoms. The highest BCUT2D eigenvalue weighted by Gasteiger charge is 2.27. The zero-order valence-electron chi connectivity index (χ0n) is 12.9. The summed E-state index contributed by atoms with van der Waals surface area (Å²) >= 11 is 1.60. The van der Waals surface area contributed by atoms with Gasteiger partial charge in [0.15, 0.2) is 0 Å². The first-order chi connectivity index (χ1) is 9.79. The fourth-order valence-corrected chi connectivity index (χ4v) is 4.63. The average molecular weight is 332 g/mol. The van der Waals surface area contributed by atoms with E-state index in [9.17, 15) is 8.42 Å². The molecule has 0 spiro atoms. The molecule has 1 aliphatic rings. The smallest absolute Gasteiger partial charge is 0.214 e. The van der Waals surface area contributed by atoms with Gasteiger partial charge in [-0.25, -0.2) is 18.1 Å². The molecule has 0 saturated carbocycles. The van der Waals surface area contributed by atoms with Gasteiger partial charge in [-0.1, -0.05) is 20.8 Å². The highest BCUT2D eigenvalue weighted by Crippen LogP contribution is 2.24. The molecule has 1 aliphatic heterocycles. The molecule has 2 heterocycles. The molecule has 0 aliphatic carbocycles. The van der Waals surface area contributed by atoms with Gasteiger partial charge in [-0.3, -0.25) is 0 Å². The van der Waals surface area contributed by atoms with E-state index in [0.29, 0.717) is 39.0 Å². The van der Waals surface area contributed by atoms with Crippen molar-refractivity contribution < 1.29 is 13.2 Å². The molecular formula is C14H24N2O3S2. The van der Waals surface area contributed by atoms with Gasteiger partial charge >= 0.3 is 0 Å². The quantitative estimate of drug-likeness (QED) is 0.896. The Hall–Kier alpha value is -0.500. The first-order valence-electron chi connectivity index (χ1n) is 7.30. The van der Waals surface area contributed by atoms with Crippen LogP contribution in [-0.4, -0.2) is 38.4 Å². The van der Waals surface area contributed by atoms with Gasteiger partial charge in [-0.15, -0.1) is 11.3 Å². The lowest BCUT2D eigenvalue weighted by Gasteiger charge is -2.22. The number of nitrogens with zero attached hydrogens (tertiary/aromatic N) is 1. The number of nitrogens with one attached hydrogen (secondary N) is 1. The normalized spacial score (nSPS) is 18.0. The molecule has 0 aromatic carbocycles. The van der Waals surface area contributed by atoms with Crippen molar-refractivity contribution >= 4 is 21.4 Å². The lowest BCUT2D eigenvalue weighted by atomic mass is 9.93. The van der Waals surface area contributed by atoms with Crippen molar-refractivity contribution in [1.82, 2.24) is 9.71 Å². The first-order valence-corrected chi connectivity index (χ1v) is 9.73. The minimum absolute atomic E-state index is 0.0380. The molecule has 7 heteroatoms. The van der Waals surface area contributed by atoms with Gasteiger partial charge in [0.2, 0.25) is 10.0 Å². The Morgan fingerprint density at radius 2 is 2.05 bits per heavy atom. The van der Waals surface area contributed by atoms with Crippen molar-refractivity contribution in [3.8, 4) is 0 Å². The number of rotatable bonds is 5. The summed E-state index contributed by atoms with van der Waals surface area (Å²) < 4.78 is 32.2. The van der Waals surface area contributed by atoms with E-state index in [1.165, 1.54) is 0 Å². The van der Waals surface area contributed by atoms with Crippen LogP contribution < -0.4 is 4.72 Å². The standard InChI is InChI=1S/C14H24N2O3S2/c1-14(2,3)12-10-20-13(16-12)4-7-15-21(17,18)11-5-8-19-9-6-11/h10-11,15H,4-9H2,1-3H3. The highest BCUT2D eigenvalue weighted by atomic mass is 32.2. The predicted molar refractivity (Wildman–Crippen MR) is 85.3 cm³/mol. The molecular weight excluding hydrogens is 308 g/mol. The lowest BCUT2D eigenvalue weighted by molar-refractivity contribution is 0.0981. The first kappa shape index (κ1) is 16.9. The maximum atomic E-state index is 12.2. The summed E-state index contributed by atoms with van der Waals surface area (Å²) in [5.41, 5.74) is 1.10. The van der Waals surface area contributed by atoms with Gasteiger partial charge in [0.05, 0.1) is 16.0 Å². The number of thiazole rings is 1. The number of ether oxygens (including phenoxy) is 1. The van der Waals surface area contributed by atoms with Crippen molar-refractivity contribution in [2.24, 2.45) is 0 Å². The van der Waals surface area contributed by atoms with Gasteiger partial charge in [0, 0.05) is 37.0 Å². The lowest BCUT2D eigenvalue weighted by Crippen LogP contribution is -2.38. The largest absolute Gasteiger partial charge is 0.381 e. The Balaban J connectivity index is 1.85. The topological polar surface area (TPSA) is 68.3 Å². The van der Waals surface area contributed by atoms with Crippen LogP contribution in [0.25, 0.3) is 0 Å². The molecule has 1 aromatic rings. The second-order valence-corrected chi connectivity index (χ2v) is 9.37. The van der Waals surface area contributed by atoms with E-state index < -0.39 is 10.0 Å². The van der Waals surface area contributed by atoms with E-state index in [4.69, 9.17) is 4.74 Å². The van der Waals surface area contributed by atoms with Crippen LogP contribution in [-0.2, 0) is 26.6 Å². The molecule has 1 fully saturated rings. The van der Waals surface area contributed by atoms with Crippen LogP contribution >= 0.6 is 11.3 Å². The van der Waals surface area contributed by atoms with Gasteiger partial charge in [0.1, 0.15) is 0 Å². The molecule has 1 aromatic heterocycles. The van der Waals surface area contributed by atoms with Crippen molar-refractivity contribution in [1.29, 1.82) is 0 Å². The number of aromatic nitrogens is 1. The van der Waals surface area contributed by atoms with Crippen molar-refractivity contribution in [3.63, 3.8) is 0 Å². The van der Waals surface area contributed by atoms with Gasteiger partial charge in [0.25, 0.3) is 0 Å². The molecule has 0 bridgehead atoms. The minimum atomic E-state index is -3.23. The molecule has 0 unspecified atom stereocenters. The van der Waals surface area contributed by atoms with Crippen LogP contribution in [0.4, 0.5) is 0 Å². The Labute approximate surface area is 131 Å². The van der Waals surface area contributed by atoms with E-state index in [2.05, 4.69) is 35.9 Å². The van der Waals surface area contributed by atoms with E-state index >= 15 is 0 Å². The number of hydrogen-bond acceptors (Lipinski definition) is 5. The van der Waals surface area contributed by atoms with E-state index in [0.717, 1.165) is 10.7 Å². The third-order valence-electron chi connectivity index (χ3n) is 3.57. The zero-order valence-corrected chi connectivity index (χ0v) is 14.5. The SMILES string of the molecule is CC(C)(C)c1csc(CCNS(=O)(=O)C2CCOCC2)n1. The van der Waals surface area contributed by atoms with Crippen LogP contribution in [0.3, 0.4) is 0 Å². The third kappa shape index (κ3) is 4.74. The molecule has 0 radical (unpaired) electrons. The monoisotopic (exact) mass is 332 g/mol. The maximum Gasteiger partial charge on any atom is 0.214 e. The maximum absolute atomic E-state index is 12.2. The summed E-state index contributed by atoms with van der Waals surface area (Å²) in [6, 6.07) is 0. The summed E-state index contributed by atoms with van der Waals surface area (Å²) in [7, 11) is -3.23. The Kier molecular flexibility index (Phi) is 5.40. The van der Waals surface area contributed by atoms with E-state index in [-0.39, 0.29) is 10.7 Å². The average Bonchev–Trinajstić information content (AvgIpc) is 2.88. The molecule has 0 atom stereocenters. The van der Waals surface area contributed by atoms with Crippen LogP contribution in [0, 0.1) is 0 Å². The summed E-state index contributed by atoms with van der Waals surface area (Å²) in [5.74, 6) is 0. The van der Waals surface area contributed by atoms with Gasteiger partial charge in [-0.05, 0) is 12.8 Å². The molecule has 1 N–H and O–H groups in total. The van der Waals surface area contributed by atoms with Gasteiger partial charge < -0.3 is 4.74 Å². The summed E-state index contributed by atoms with van der Waals surface area (Å²) in [6.07, 6.45) is 1.81. The van der Waals surface area contributed by atoms with Crippen LogP contribution in [0.5, 0.6) is 0 Å². The fraction of sp³-hybridized carbons (Fsp3) is 0.786. The zero-order chi connectivity index (χ0) is 15.5. The molecule has 120 valence electrons. The molecule has 5 nitrogen and oxygen atoms in total. The molecule has 2 rings (SSSR count). The van der Waals surface area contributed by atoms with Crippen molar-refractivity contribution in [3.05, 3.63) is 16.1 Å². The summed E-state index contributed by atoms with van der Waals surface area (Å²) in [4.78, 5) is 4.58.